The van der Waals surface area contributed by atoms with Crippen molar-refractivity contribution in [3.8, 4) is 0 Å². The molecule has 0 bridgehead atoms. The SMILES string of the molecule is Cc1ccc([C@@H](C2CC2)N2CCNCC2)c(F)c1.Cl.Cl. The molecule has 1 N–H and O–H groups in total. The van der Waals surface area contributed by atoms with Crippen LogP contribution in [0.25, 0.3) is 0 Å². The Bertz CT molecular complexity index is 432. The highest BCUT2D eigenvalue weighted by Crippen LogP contribution is 2.45. The van der Waals surface area contributed by atoms with E-state index in [2.05, 4.69) is 10.2 Å². The van der Waals surface area contributed by atoms with Gasteiger partial charge in [0.15, 0.2) is 0 Å². The molecular weight excluding hydrogens is 298 g/mol. The fraction of sp³-hybridized carbons (Fsp3) is 0.600. The summed E-state index contributed by atoms with van der Waals surface area (Å²) in [5, 5.41) is 3.37. The fourth-order valence-electron chi connectivity index (χ4n) is 2.99. The third-order valence-electron chi connectivity index (χ3n) is 4.09. The Morgan fingerprint density at radius 3 is 2.40 bits per heavy atom. The molecule has 20 heavy (non-hydrogen) atoms. The number of nitrogens with zero attached hydrogens (tertiary/aromatic N) is 1. The van der Waals surface area contributed by atoms with Crippen molar-refractivity contribution >= 4 is 24.8 Å². The predicted molar refractivity (Wildman–Crippen MR) is 85.5 cm³/mol. The van der Waals surface area contributed by atoms with Crippen LogP contribution in [-0.2, 0) is 0 Å². The van der Waals surface area contributed by atoms with E-state index in [-0.39, 0.29) is 30.6 Å². The van der Waals surface area contributed by atoms with Gasteiger partial charge in [-0.2, -0.15) is 0 Å². The average Bonchev–Trinajstić information content (AvgIpc) is 3.18. The lowest BCUT2D eigenvalue weighted by Gasteiger charge is -2.35. The quantitative estimate of drug-likeness (QED) is 0.919. The van der Waals surface area contributed by atoms with Crippen molar-refractivity contribution in [2.75, 3.05) is 26.2 Å². The van der Waals surface area contributed by atoms with Crippen molar-refractivity contribution in [2.24, 2.45) is 5.92 Å². The van der Waals surface area contributed by atoms with E-state index in [1.54, 1.807) is 6.07 Å². The molecule has 0 radical (unpaired) electrons. The highest BCUT2D eigenvalue weighted by atomic mass is 35.5. The molecule has 1 atom stereocenters. The first-order chi connectivity index (χ1) is 8.75. The van der Waals surface area contributed by atoms with Gasteiger partial charge >= 0.3 is 0 Å². The lowest BCUT2D eigenvalue weighted by atomic mass is 9.98. The molecule has 1 aromatic carbocycles. The molecule has 2 aliphatic rings. The molecule has 1 aliphatic carbocycles. The maximum atomic E-state index is 14.2. The molecular formula is C15H23Cl2FN2. The van der Waals surface area contributed by atoms with E-state index in [0.29, 0.717) is 12.0 Å². The monoisotopic (exact) mass is 320 g/mol. The van der Waals surface area contributed by atoms with Crippen LogP contribution in [0.2, 0.25) is 0 Å². The molecule has 2 nitrogen and oxygen atoms in total. The minimum Gasteiger partial charge on any atom is -0.314 e. The highest BCUT2D eigenvalue weighted by Gasteiger charge is 2.37. The molecule has 114 valence electrons. The van der Waals surface area contributed by atoms with E-state index in [0.717, 1.165) is 37.3 Å². The van der Waals surface area contributed by atoms with Crippen molar-refractivity contribution in [3.63, 3.8) is 0 Å². The van der Waals surface area contributed by atoms with Gasteiger partial charge in [0.2, 0.25) is 0 Å². The Balaban J connectivity index is 0.000001000. The summed E-state index contributed by atoms with van der Waals surface area (Å²) < 4.78 is 14.2. The van der Waals surface area contributed by atoms with Crippen LogP contribution in [0, 0.1) is 18.7 Å². The number of hydrogen-bond acceptors (Lipinski definition) is 2. The lowest BCUT2D eigenvalue weighted by molar-refractivity contribution is 0.153. The topological polar surface area (TPSA) is 15.3 Å². The smallest absolute Gasteiger partial charge is 0.128 e. The summed E-state index contributed by atoms with van der Waals surface area (Å²) in [6.45, 7) is 6.07. The standard InChI is InChI=1S/C15H21FN2.2ClH/c1-11-2-5-13(14(16)10-11)15(12-3-4-12)18-8-6-17-7-9-18;;/h2,5,10,12,15,17H,3-4,6-9H2,1H3;2*1H/t15-;;/m1../s1. The van der Waals surface area contributed by atoms with Crippen LogP contribution >= 0.6 is 24.8 Å². The highest BCUT2D eigenvalue weighted by molar-refractivity contribution is 5.85. The Hall–Kier alpha value is -0.350. The minimum atomic E-state index is -0.0227. The second-order valence-electron chi connectivity index (χ2n) is 5.59. The van der Waals surface area contributed by atoms with Crippen LogP contribution in [0.15, 0.2) is 18.2 Å². The van der Waals surface area contributed by atoms with Crippen molar-refractivity contribution in [2.45, 2.75) is 25.8 Å². The summed E-state index contributed by atoms with van der Waals surface area (Å²) in [5.41, 5.74) is 1.91. The molecule has 0 aromatic heterocycles. The number of halogens is 3. The molecule has 0 amide bonds. The van der Waals surface area contributed by atoms with Crippen LogP contribution < -0.4 is 5.32 Å². The molecule has 3 rings (SSSR count). The summed E-state index contributed by atoms with van der Waals surface area (Å²) in [4.78, 5) is 2.46. The molecule has 1 aromatic rings. The number of aryl methyl sites for hydroxylation is 1. The Morgan fingerprint density at radius 1 is 1.20 bits per heavy atom. The van der Waals surface area contributed by atoms with Crippen molar-refractivity contribution in [1.29, 1.82) is 0 Å². The van der Waals surface area contributed by atoms with E-state index in [9.17, 15) is 4.39 Å². The van der Waals surface area contributed by atoms with Gasteiger partial charge in [-0.3, -0.25) is 4.90 Å². The molecule has 1 saturated heterocycles. The van der Waals surface area contributed by atoms with Crippen LogP contribution in [0.3, 0.4) is 0 Å². The molecule has 1 aliphatic heterocycles. The van der Waals surface area contributed by atoms with Gasteiger partial charge in [-0.15, -0.1) is 24.8 Å². The first-order valence-electron chi connectivity index (χ1n) is 6.96. The normalized spacial score (nSPS) is 20.7. The summed E-state index contributed by atoms with van der Waals surface area (Å²) in [7, 11) is 0. The zero-order valence-electron chi connectivity index (χ0n) is 11.8. The third-order valence-corrected chi connectivity index (χ3v) is 4.09. The van der Waals surface area contributed by atoms with Gasteiger partial charge in [-0.1, -0.05) is 12.1 Å². The van der Waals surface area contributed by atoms with Crippen LogP contribution in [0.5, 0.6) is 0 Å². The number of benzene rings is 1. The van der Waals surface area contributed by atoms with E-state index in [1.807, 2.05) is 19.1 Å². The molecule has 0 spiro atoms. The largest absolute Gasteiger partial charge is 0.314 e. The second-order valence-corrected chi connectivity index (χ2v) is 5.59. The van der Waals surface area contributed by atoms with Gasteiger partial charge in [0.1, 0.15) is 5.82 Å². The van der Waals surface area contributed by atoms with E-state index < -0.39 is 0 Å². The predicted octanol–water partition coefficient (Wildman–Crippen LogP) is 3.33. The van der Waals surface area contributed by atoms with Crippen LogP contribution in [-0.4, -0.2) is 31.1 Å². The average molecular weight is 321 g/mol. The van der Waals surface area contributed by atoms with Gasteiger partial charge in [-0.05, 0) is 37.3 Å². The van der Waals surface area contributed by atoms with Crippen LogP contribution in [0.1, 0.15) is 30.0 Å². The zero-order valence-corrected chi connectivity index (χ0v) is 13.4. The van der Waals surface area contributed by atoms with E-state index >= 15 is 0 Å². The van der Waals surface area contributed by atoms with Crippen LogP contribution in [0.4, 0.5) is 4.39 Å². The van der Waals surface area contributed by atoms with Gasteiger partial charge in [0, 0.05) is 37.8 Å². The number of nitrogens with one attached hydrogen (secondary N) is 1. The molecule has 5 heteroatoms. The number of rotatable bonds is 3. The van der Waals surface area contributed by atoms with Gasteiger partial charge in [-0.25, -0.2) is 4.39 Å². The molecule has 0 unspecified atom stereocenters. The molecule has 2 fully saturated rings. The minimum absolute atomic E-state index is 0. The maximum Gasteiger partial charge on any atom is 0.128 e. The molecule has 1 saturated carbocycles. The summed E-state index contributed by atoms with van der Waals surface area (Å²) in [5.74, 6) is 0.644. The zero-order chi connectivity index (χ0) is 12.5. The first kappa shape index (κ1) is 17.7. The summed E-state index contributed by atoms with van der Waals surface area (Å²) in [6, 6.07) is 6.01. The van der Waals surface area contributed by atoms with Gasteiger partial charge in [0.05, 0.1) is 0 Å². The maximum absolute atomic E-state index is 14.2. The fourth-order valence-corrected chi connectivity index (χ4v) is 2.99. The Morgan fingerprint density at radius 2 is 1.85 bits per heavy atom. The van der Waals surface area contributed by atoms with E-state index in [4.69, 9.17) is 0 Å². The lowest BCUT2D eigenvalue weighted by Crippen LogP contribution is -2.45. The third kappa shape index (κ3) is 3.85. The Labute approximate surface area is 132 Å². The van der Waals surface area contributed by atoms with Crippen molar-refractivity contribution < 1.29 is 4.39 Å². The summed E-state index contributed by atoms with van der Waals surface area (Å²) >= 11 is 0. The Kier molecular flexibility index (Phi) is 6.73. The van der Waals surface area contributed by atoms with Gasteiger partial charge in [0.25, 0.3) is 0 Å². The van der Waals surface area contributed by atoms with Crippen molar-refractivity contribution in [1.82, 2.24) is 10.2 Å². The first-order valence-corrected chi connectivity index (χ1v) is 6.96. The number of piperazine rings is 1. The summed E-state index contributed by atoms with van der Waals surface area (Å²) in [6.07, 6.45) is 2.50. The van der Waals surface area contributed by atoms with Crippen molar-refractivity contribution in [3.05, 3.63) is 35.1 Å². The van der Waals surface area contributed by atoms with E-state index in [1.165, 1.54) is 12.8 Å². The number of hydrogen-bond donors (Lipinski definition) is 1. The molecule has 1 heterocycles. The van der Waals surface area contributed by atoms with Gasteiger partial charge < -0.3 is 5.32 Å². The second kappa shape index (κ2) is 7.60.